The lowest BCUT2D eigenvalue weighted by Crippen LogP contribution is -2.71. The highest BCUT2D eigenvalue weighted by Crippen LogP contribution is 2.41. The van der Waals surface area contributed by atoms with Gasteiger partial charge < -0.3 is 15.6 Å². The van der Waals surface area contributed by atoms with E-state index in [4.69, 9.17) is 4.55 Å². The van der Waals surface area contributed by atoms with Crippen LogP contribution in [0.2, 0.25) is 0 Å². The fourth-order valence-corrected chi connectivity index (χ4v) is 6.45. The lowest BCUT2D eigenvalue weighted by atomic mass is 10.0. The molecule has 15 nitrogen and oxygen atoms in total. The van der Waals surface area contributed by atoms with Crippen molar-refractivity contribution < 1.29 is 37.7 Å². The second-order valence-electron chi connectivity index (χ2n) is 7.39. The number of nitrogens with one attached hydrogen (secondary N) is 1. The number of benzene rings is 1. The topological polar surface area (TPSA) is 217 Å². The molecular weight excluding hydrogens is 538 g/mol. The van der Waals surface area contributed by atoms with Crippen LogP contribution in [0.15, 0.2) is 51.9 Å². The molecule has 1 fully saturated rings. The number of nitrogens with zero attached hydrogens (tertiary/aromatic N) is 6. The van der Waals surface area contributed by atoms with Crippen LogP contribution in [-0.2, 0) is 30.4 Å². The highest BCUT2D eigenvalue weighted by atomic mass is 32.2. The molecule has 3 heterocycles. The van der Waals surface area contributed by atoms with E-state index in [1.807, 2.05) is 0 Å². The number of amides is 2. The summed E-state index contributed by atoms with van der Waals surface area (Å²) in [7, 11) is -4.41. The Hall–Kier alpha value is -3.48. The number of tetrazole rings is 1. The molecule has 2 aromatic rings. The number of rotatable bonds is 9. The summed E-state index contributed by atoms with van der Waals surface area (Å²) in [6.07, 6.45) is 0. The number of oxime groups is 1. The van der Waals surface area contributed by atoms with Gasteiger partial charge in [0.15, 0.2) is 11.6 Å². The van der Waals surface area contributed by atoms with Crippen LogP contribution in [0.1, 0.15) is 5.56 Å². The Balaban J connectivity index is 1.48. The van der Waals surface area contributed by atoms with Gasteiger partial charge in [-0.1, -0.05) is 47.2 Å². The molecule has 4 rings (SSSR count). The maximum Gasteiger partial charge on any atom is 0.352 e. The largest absolute Gasteiger partial charge is 0.477 e. The monoisotopic (exact) mass is 555 g/mol. The summed E-state index contributed by atoms with van der Waals surface area (Å²) in [4.78, 5) is 38.6. The van der Waals surface area contributed by atoms with Crippen molar-refractivity contribution in [1.82, 2.24) is 30.4 Å². The van der Waals surface area contributed by atoms with Gasteiger partial charge in [-0.15, -0.1) is 16.9 Å². The number of thioether (sulfide) groups is 2. The molecule has 4 N–H and O–H groups in total. The molecule has 2 atom stereocenters. The SMILES string of the molecule is O=C(O)C1=C(CSc2nnnn2CS(=O)(=O)O)CS[C@@H]2[C@H](NC(=O)/C(=N\O)c3ccccc3)C(=O)N12. The van der Waals surface area contributed by atoms with Gasteiger partial charge in [-0.3, -0.25) is 19.0 Å². The van der Waals surface area contributed by atoms with Gasteiger partial charge >= 0.3 is 5.97 Å². The Morgan fingerprint density at radius 3 is 2.64 bits per heavy atom. The van der Waals surface area contributed by atoms with E-state index < -0.39 is 45.2 Å². The standard InChI is InChI=1S/C18H17N7O8S3/c26-14(11(21-30)9-4-2-1-3-5-9)19-12-15(27)25-13(17(28)29)10(6-34-16(12)25)7-35-18-20-22-23-24(18)8-36(31,32)33/h1-5,12,16,30H,6-8H2,(H,19,26)(H,28,29)(H,31,32,33)/b21-11-/t12-,16-/m1/s1. The minimum atomic E-state index is -4.41. The van der Waals surface area contributed by atoms with Crippen molar-refractivity contribution in [3.63, 3.8) is 0 Å². The lowest BCUT2D eigenvalue weighted by molar-refractivity contribution is -0.150. The van der Waals surface area contributed by atoms with Crippen LogP contribution < -0.4 is 5.32 Å². The molecule has 2 amide bonds. The van der Waals surface area contributed by atoms with Crippen molar-refractivity contribution >= 4 is 57.1 Å². The van der Waals surface area contributed by atoms with Crippen molar-refractivity contribution in [1.29, 1.82) is 0 Å². The van der Waals surface area contributed by atoms with Crippen LogP contribution in [0.4, 0.5) is 0 Å². The molecule has 2 aliphatic heterocycles. The van der Waals surface area contributed by atoms with E-state index in [0.717, 1.165) is 21.3 Å². The van der Waals surface area contributed by atoms with Crippen molar-refractivity contribution in [2.45, 2.75) is 22.4 Å². The fourth-order valence-electron chi connectivity index (χ4n) is 3.52. The first kappa shape index (κ1) is 25.6. The molecule has 0 unspecified atom stereocenters. The second kappa shape index (κ2) is 10.2. The van der Waals surface area contributed by atoms with Crippen LogP contribution in [0, 0.1) is 0 Å². The summed E-state index contributed by atoms with van der Waals surface area (Å²) in [5, 5.41) is 34.4. The predicted octanol–water partition coefficient (Wildman–Crippen LogP) is -0.772. The normalized spacial score (nSPS) is 20.1. The molecule has 2 aliphatic rings. The summed E-state index contributed by atoms with van der Waals surface area (Å²) >= 11 is 2.15. The van der Waals surface area contributed by atoms with Crippen LogP contribution in [0.5, 0.6) is 0 Å². The van der Waals surface area contributed by atoms with E-state index in [1.54, 1.807) is 30.3 Å². The number of hydrogen-bond donors (Lipinski definition) is 4. The zero-order chi connectivity index (χ0) is 26.0. The van der Waals surface area contributed by atoms with E-state index in [0.29, 0.717) is 11.1 Å². The van der Waals surface area contributed by atoms with Crippen molar-refractivity contribution in [3.8, 4) is 0 Å². The van der Waals surface area contributed by atoms with Crippen LogP contribution in [0.3, 0.4) is 0 Å². The quantitative estimate of drug-likeness (QED) is 0.0747. The average Bonchev–Trinajstić information content (AvgIpc) is 3.26. The maximum atomic E-state index is 12.8. The third-order valence-corrected chi connectivity index (χ3v) is 8.01. The summed E-state index contributed by atoms with van der Waals surface area (Å²) in [5.41, 5.74) is 0.139. The van der Waals surface area contributed by atoms with Crippen molar-refractivity contribution in [2.75, 3.05) is 11.5 Å². The molecule has 0 aliphatic carbocycles. The number of fused-ring (bicyclic) bond motifs is 1. The Bertz CT molecular complexity index is 1380. The zero-order valence-electron chi connectivity index (χ0n) is 18.0. The van der Waals surface area contributed by atoms with Crippen LogP contribution in [0.25, 0.3) is 0 Å². The molecular formula is C18H17N7O8S3. The number of carbonyl (C=O) groups excluding carboxylic acids is 2. The van der Waals surface area contributed by atoms with Crippen LogP contribution in [-0.4, -0.2) is 94.8 Å². The Morgan fingerprint density at radius 1 is 1.28 bits per heavy atom. The van der Waals surface area contributed by atoms with E-state index in [2.05, 4.69) is 26.0 Å². The zero-order valence-corrected chi connectivity index (χ0v) is 20.4. The first-order valence-electron chi connectivity index (χ1n) is 9.93. The van der Waals surface area contributed by atoms with Gasteiger partial charge in [0, 0.05) is 17.1 Å². The van der Waals surface area contributed by atoms with Gasteiger partial charge in [-0.2, -0.15) is 8.42 Å². The highest BCUT2D eigenvalue weighted by Gasteiger charge is 2.54. The number of β-lactam (4-membered cyclic amide) rings is 1. The number of hydrogen-bond acceptors (Lipinski definition) is 12. The summed E-state index contributed by atoms with van der Waals surface area (Å²) in [6, 6.07) is 7.08. The van der Waals surface area contributed by atoms with Crippen molar-refractivity contribution in [3.05, 3.63) is 47.2 Å². The lowest BCUT2D eigenvalue weighted by Gasteiger charge is -2.49. The molecule has 190 valence electrons. The molecule has 0 saturated carbocycles. The minimum absolute atomic E-state index is 0.0172. The van der Waals surface area contributed by atoms with Gasteiger partial charge in [0.25, 0.3) is 21.9 Å². The third-order valence-electron chi connectivity index (χ3n) is 5.06. The number of carboxylic acid groups (broad SMARTS) is 1. The van der Waals surface area contributed by atoms with E-state index in [-0.39, 0.29) is 28.1 Å². The van der Waals surface area contributed by atoms with Gasteiger partial charge in [-0.25, -0.2) is 9.48 Å². The smallest absolute Gasteiger partial charge is 0.352 e. The maximum absolute atomic E-state index is 12.8. The molecule has 36 heavy (non-hydrogen) atoms. The highest BCUT2D eigenvalue weighted by molar-refractivity contribution is 8.01. The third kappa shape index (κ3) is 5.20. The molecule has 0 bridgehead atoms. The molecule has 0 radical (unpaired) electrons. The fraction of sp³-hybridized carbons (Fsp3) is 0.278. The first-order valence-corrected chi connectivity index (χ1v) is 13.6. The molecule has 1 saturated heterocycles. The summed E-state index contributed by atoms with van der Waals surface area (Å²) in [5.74, 6) is -3.47. The molecule has 0 spiro atoms. The average molecular weight is 556 g/mol. The minimum Gasteiger partial charge on any atom is -0.477 e. The van der Waals surface area contributed by atoms with Crippen LogP contribution >= 0.6 is 23.5 Å². The molecule has 1 aromatic carbocycles. The number of aromatic nitrogens is 4. The first-order chi connectivity index (χ1) is 17.1. The van der Waals surface area contributed by atoms with Gasteiger partial charge in [0.1, 0.15) is 17.1 Å². The Morgan fingerprint density at radius 2 is 2.00 bits per heavy atom. The summed E-state index contributed by atoms with van der Waals surface area (Å²) < 4.78 is 32.1. The van der Waals surface area contributed by atoms with Crippen molar-refractivity contribution in [2.24, 2.45) is 5.16 Å². The van der Waals surface area contributed by atoms with Gasteiger partial charge in [-0.05, 0) is 16.0 Å². The predicted molar refractivity (Wildman–Crippen MR) is 125 cm³/mol. The second-order valence-corrected chi connectivity index (χ2v) is 10.9. The molecule has 18 heteroatoms. The van der Waals surface area contributed by atoms with E-state index in [1.165, 1.54) is 11.8 Å². The molecule has 1 aromatic heterocycles. The number of aliphatic carboxylic acids is 1. The number of carboxylic acids is 1. The van der Waals surface area contributed by atoms with E-state index in [9.17, 15) is 33.1 Å². The Kier molecular flexibility index (Phi) is 7.29. The van der Waals surface area contributed by atoms with Gasteiger partial charge in [0.2, 0.25) is 5.16 Å². The van der Waals surface area contributed by atoms with E-state index >= 15 is 0 Å². The van der Waals surface area contributed by atoms with Gasteiger partial charge in [0.05, 0.1) is 0 Å². The Labute approximate surface area is 211 Å². The number of carbonyl (C=O) groups is 3. The summed E-state index contributed by atoms with van der Waals surface area (Å²) in [6.45, 7) is 0.